The maximum Gasteiger partial charge on any atom is 0.263 e. The highest BCUT2D eigenvalue weighted by atomic mass is 35.5. The zero-order valence-electron chi connectivity index (χ0n) is 14.2. The molecule has 134 valence electrons. The second-order valence-corrected chi connectivity index (χ2v) is 8.68. The first-order valence-corrected chi connectivity index (χ1v) is 10.7. The third kappa shape index (κ3) is 3.33. The topological polar surface area (TPSA) is 47.8 Å². The van der Waals surface area contributed by atoms with Gasteiger partial charge in [0, 0.05) is 23.4 Å². The summed E-state index contributed by atoms with van der Waals surface area (Å²) >= 11 is 9.08. The van der Waals surface area contributed by atoms with Crippen LogP contribution in [0.15, 0.2) is 40.9 Å². The van der Waals surface area contributed by atoms with Gasteiger partial charge >= 0.3 is 0 Å². The van der Waals surface area contributed by atoms with Gasteiger partial charge in [-0.15, -0.1) is 17.9 Å². The number of thiophene rings is 1. The fraction of sp³-hybridized carbons (Fsp3) is 0.316. The Labute approximate surface area is 164 Å². The molecule has 4 rings (SSSR count). The van der Waals surface area contributed by atoms with E-state index in [9.17, 15) is 4.79 Å². The fourth-order valence-corrected chi connectivity index (χ4v) is 5.62. The van der Waals surface area contributed by atoms with Crippen LogP contribution in [0.3, 0.4) is 0 Å². The third-order valence-corrected chi connectivity index (χ3v) is 6.96. The van der Waals surface area contributed by atoms with Gasteiger partial charge in [0.15, 0.2) is 5.16 Å². The number of hydrogen-bond acceptors (Lipinski definition) is 5. The second kappa shape index (κ2) is 7.55. The Morgan fingerprint density at radius 1 is 1.35 bits per heavy atom. The number of rotatable bonds is 5. The van der Waals surface area contributed by atoms with Crippen LogP contribution >= 0.6 is 34.7 Å². The van der Waals surface area contributed by atoms with E-state index in [1.807, 2.05) is 6.07 Å². The Hall–Kier alpha value is -1.63. The molecular formula is C19H18ClN3OS2. The van der Waals surface area contributed by atoms with Gasteiger partial charge in [0.2, 0.25) is 0 Å². The first kappa shape index (κ1) is 17.8. The van der Waals surface area contributed by atoms with E-state index in [1.165, 1.54) is 16.9 Å². The van der Waals surface area contributed by atoms with E-state index in [1.54, 1.807) is 46.0 Å². The van der Waals surface area contributed by atoms with Crippen molar-refractivity contribution in [2.45, 2.75) is 43.1 Å². The highest BCUT2D eigenvalue weighted by molar-refractivity contribution is 7.98. The van der Waals surface area contributed by atoms with Crippen molar-refractivity contribution in [2.75, 3.05) is 0 Å². The molecule has 0 aliphatic heterocycles. The van der Waals surface area contributed by atoms with Crippen LogP contribution in [0.4, 0.5) is 0 Å². The number of allylic oxidation sites excluding steroid dienone is 1. The van der Waals surface area contributed by atoms with E-state index in [0.29, 0.717) is 17.5 Å². The second-order valence-electron chi connectivity index (χ2n) is 6.27. The predicted molar refractivity (Wildman–Crippen MR) is 110 cm³/mol. The number of aryl methyl sites for hydroxylation is 2. The smallest absolute Gasteiger partial charge is 0.263 e. The minimum Gasteiger partial charge on any atom is -0.283 e. The lowest BCUT2D eigenvalue weighted by atomic mass is 9.97. The lowest BCUT2D eigenvalue weighted by molar-refractivity contribution is 0.668. The van der Waals surface area contributed by atoms with Gasteiger partial charge in [-0.1, -0.05) is 35.5 Å². The van der Waals surface area contributed by atoms with E-state index >= 15 is 0 Å². The molecule has 0 saturated carbocycles. The van der Waals surface area contributed by atoms with Gasteiger partial charge in [0.25, 0.3) is 5.56 Å². The van der Waals surface area contributed by atoms with Crippen molar-refractivity contribution in [3.05, 3.63) is 62.5 Å². The van der Waals surface area contributed by atoms with Gasteiger partial charge in [0.1, 0.15) is 9.98 Å². The summed E-state index contributed by atoms with van der Waals surface area (Å²) in [6.07, 6.45) is 7.92. The van der Waals surface area contributed by atoms with Crippen molar-refractivity contribution >= 4 is 44.9 Å². The molecule has 3 aromatic rings. The van der Waals surface area contributed by atoms with Crippen molar-refractivity contribution in [3.63, 3.8) is 0 Å². The Kier molecular flexibility index (Phi) is 5.16. The van der Waals surface area contributed by atoms with Gasteiger partial charge < -0.3 is 0 Å². The predicted octanol–water partition coefficient (Wildman–Crippen LogP) is 4.86. The number of nitrogens with zero attached hydrogens (tertiary/aromatic N) is 3. The summed E-state index contributed by atoms with van der Waals surface area (Å²) in [5.41, 5.74) is 2.33. The zero-order valence-corrected chi connectivity index (χ0v) is 16.6. The number of pyridine rings is 1. The van der Waals surface area contributed by atoms with Crippen LogP contribution in [0.25, 0.3) is 10.2 Å². The molecule has 0 bridgehead atoms. The molecule has 1 aliphatic carbocycles. The zero-order chi connectivity index (χ0) is 18.1. The first-order valence-electron chi connectivity index (χ1n) is 8.56. The van der Waals surface area contributed by atoms with Crippen molar-refractivity contribution in [3.8, 4) is 0 Å². The quantitative estimate of drug-likeness (QED) is 0.264. The number of halogens is 1. The average Bonchev–Trinajstić information content (AvgIpc) is 3.02. The lowest BCUT2D eigenvalue weighted by Gasteiger charge is -2.12. The number of hydrogen-bond donors (Lipinski definition) is 0. The highest BCUT2D eigenvalue weighted by Gasteiger charge is 2.21. The largest absolute Gasteiger partial charge is 0.283 e. The molecule has 0 radical (unpaired) electrons. The van der Waals surface area contributed by atoms with E-state index in [0.717, 1.165) is 40.2 Å². The molecule has 0 spiro atoms. The minimum atomic E-state index is 0.0611. The summed E-state index contributed by atoms with van der Waals surface area (Å²) in [4.78, 5) is 24.3. The van der Waals surface area contributed by atoms with Crippen molar-refractivity contribution < 1.29 is 0 Å². The highest BCUT2D eigenvalue weighted by Crippen LogP contribution is 2.35. The SMILES string of the molecule is C=CCn1c(SCc2ccc(Cl)nc2)nc2sc3c(c2c1=O)CCCC3. The molecule has 0 aromatic carbocycles. The molecule has 1 aliphatic rings. The molecule has 3 aromatic heterocycles. The Bertz CT molecular complexity index is 1020. The summed E-state index contributed by atoms with van der Waals surface area (Å²) in [6.45, 7) is 4.27. The Morgan fingerprint density at radius 2 is 2.19 bits per heavy atom. The first-order chi connectivity index (χ1) is 12.7. The molecule has 0 atom stereocenters. The molecule has 0 unspecified atom stereocenters. The molecule has 0 saturated heterocycles. The van der Waals surface area contributed by atoms with Crippen molar-refractivity contribution in [2.24, 2.45) is 0 Å². The Morgan fingerprint density at radius 3 is 2.96 bits per heavy atom. The third-order valence-electron chi connectivity index (χ3n) is 4.51. The van der Waals surface area contributed by atoms with E-state index in [4.69, 9.17) is 16.6 Å². The van der Waals surface area contributed by atoms with Crippen LogP contribution in [0.2, 0.25) is 5.15 Å². The summed E-state index contributed by atoms with van der Waals surface area (Å²) in [7, 11) is 0. The van der Waals surface area contributed by atoms with Gasteiger partial charge in [-0.25, -0.2) is 9.97 Å². The normalized spacial score (nSPS) is 13.7. The standard InChI is InChI=1S/C19H18ClN3OS2/c1-2-9-23-18(24)16-13-5-3-4-6-14(13)26-17(16)22-19(23)25-11-12-7-8-15(20)21-10-12/h2,7-8,10H,1,3-6,9,11H2. The molecule has 0 fully saturated rings. The van der Waals surface area contributed by atoms with E-state index in [2.05, 4.69) is 11.6 Å². The average molecular weight is 404 g/mol. The van der Waals surface area contributed by atoms with Crippen LogP contribution in [0, 0.1) is 0 Å². The van der Waals surface area contributed by atoms with Gasteiger partial charge in [-0.05, 0) is 42.9 Å². The molecule has 0 amide bonds. The maximum absolute atomic E-state index is 13.2. The molecular weight excluding hydrogens is 386 g/mol. The summed E-state index contributed by atoms with van der Waals surface area (Å²) in [5.74, 6) is 0.685. The van der Waals surface area contributed by atoms with E-state index < -0.39 is 0 Å². The van der Waals surface area contributed by atoms with Crippen LogP contribution in [-0.2, 0) is 25.1 Å². The van der Waals surface area contributed by atoms with Crippen molar-refractivity contribution in [1.82, 2.24) is 14.5 Å². The van der Waals surface area contributed by atoms with Crippen LogP contribution in [0.1, 0.15) is 28.8 Å². The monoisotopic (exact) mass is 403 g/mol. The van der Waals surface area contributed by atoms with Gasteiger partial charge in [-0.2, -0.15) is 0 Å². The van der Waals surface area contributed by atoms with Crippen LogP contribution in [-0.4, -0.2) is 14.5 Å². The molecule has 4 nitrogen and oxygen atoms in total. The molecule has 26 heavy (non-hydrogen) atoms. The minimum absolute atomic E-state index is 0.0611. The van der Waals surface area contributed by atoms with Gasteiger partial charge in [0.05, 0.1) is 5.39 Å². The number of fused-ring (bicyclic) bond motifs is 3. The summed E-state index contributed by atoms with van der Waals surface area (Å²) in [5, 5.41) is 2.03. The molecule has 0 N–H and O–H groups in total. The molecule has 7 heteroatoms. The van der Waals surface area contributed by atoms with Crippen LogP contribution < -0.4 is 5.56 Å². The number of thioether (sulfide) groups is 1. The maximum atomic E-state index is 13.2. The van der Waals surface area contributed by atoms with E-state index in [-0.39, 0.29) is 5.56 Å². The van der Waals surface area contributed by atoms with Crippen LogP contribution in [0.5, 0.6) is 0 Å². The fourth-order valence-electron chi connectivity index (χ4n) is 3.26. The van der Waals surface area contributed by atoms with Gasteiger partial charge in [-0.3, -0.25) is 9.36 Å². The van der Waals surface area contributed by atoms with Crippen molar-refractivity contribution in [1.29, 1.82) is 0 Å². The Balaban J connectivity index is 1.75. The lowest BCUT2D eigenvalue weighted by Crippen LogP contribution is -2.23. The number of aromatic nitrogens is 3. The molecule has 3 heterocycles. The summed E-state index contributed by atoms with van der Waals surface area (Å²) in [6, 6.07) is 3.72. The summed E-state index contributed by atoms with van der Waals surface area (Å²) < 4.78 is 1.74.